The Bertz CT molecular complexity index is 1090. The molecule has 0 bridgehead atoms. The second kappa shape index (κ2) is 9.92. The molecule has 1 atom stereocenters. The van der Waals surface area contributed by atoms with Gasteiger partial charge in [0.05, 0.1) is 6.04 Å². The van der Waals surface area contributed by atoms with Crippen molar-refractivity contribution < 1.29 is 9.59 Å². The van der Waals surface area contributed by atoms with Crippen molar-refractivity contribution in [3.8, 4) is 0 Å². The number of piperidine rings is 1. The van der Waals surface area contributed by atoms with Gasteiger partial charge in [-0.15, -0.1) is 0 Å². The number of aromatic amines is 1. The maximum absolute atomic E-state index is 13.9. The number of ketones is 1. The van der Waals surface area contributed by atoms with Crippen molar-refractivity contribution in [3.05, 3.63) is 71.9 Å². The molecule has 0 aliphatic carbocycles. The van der Waals surface area contributed by atoms with Crippen molar-refractivity contribution in [2.45, 2.75) is 44.6 Å². The number of nitrogens with zero attached hydrogens (tertiary/aromatic N) is 2. The number of amides is 1. The van der Waals surface area contributed by atoms with Gasteiger partial charge in [-0.3, -0.25) is 14.5 Å². The van der Waals surface area contributed by atoms with Gasteiger partial charge < -0.3 is 9.88 Å². The molecule has 5 heteroatoms. The SMILES string of the molecule is O=C(c1c[nH]c2ccccc12)C(c1ccccc1)N1CCC(C(=O)N2CCCCCC2)CC1. The van der Waals surface area contributed by atoms with Crippen molar-refractivity contribution in [3.63, 3.8) is 0 Å². The standard InChI is InChI=1S/C28H33N3O2/c32-27(24-20-29-25-13-7-6-12-23(24)25)26(21-10-4-3-5-11-21)30-18-14-22(15-19-30)28(33)31-16-8-1-2-9-17-31/h3-7,10-13,20,22,26,29H,1-2,8-9,14-19H2. The highest BCUT2D eigenvalue weighted by atomic mass is 16.2. The molecule has 1 aromatic heterocycles. The number of carbonyl (C=O) groups excluding carboxylic acids is 2. The predicted octanol–water partition coefficient (Wildman–Crippen LogP) is 5.21. The number of nitrogens with one attached hydrogen (secondary N) is 1. The van der Waals surface area contributed by atoms with Gasteiger partial charge in [0.25, 0.3) is 0 Å². The number of para-hydroxylation sites is 1. The maximum Gasteiger partial charge on any atom is 0.225 e. The minimum Gasteiger partial charge on any atom is -0.360 e. The Morgan fingerprint density at radius 3 is 2.21 bits per heavy atom. The Labute approximate surface area is 195 Å². The zero-order chi connectivity index (χ0) is 22.6. The molecule has 1 amide bonds. The molecule has 1 unspecified atom stereocenters. The van der Waals surface area contributed by atoms with Crippen molar-refractivity contribution >= 4 is 22.6 Å². The van der Waals surface area contributed by atoms with Crippen LogP contribution in [0.4, 0.5) is 0 Å². The average molecular weight is 444 g/mol. The average Bonchev–Trinajstić information content (AvgIpc) is 3.11. The highest BCUT2D eigenvalue weighted by Crippen LogP contribution is 2.32. The minimum atomic E-state index is -0.334. The lowest BCUT2D eigenvalue weighted by Crippen LogP contribution is -2.45. The third kappa shape index (κ3) is 4.60. The number of hydrogen-bond acceptors (Lipinski definition) is 3. The number of Topliss-reactive ketones (excluding diaryl/α,β-unsaturated/α-hetero) is 1. The molecule has 172 valence electrons. The molecular formula is C28H33N3O2. The molecular weight excluding hydrogens is 410 g/mol. The van der Waals surface area contributed by atoms with Gasteiger partial charge in [-0.1, -0.05) is 61.4 Å². The fraction of sp³-hybridized carbons (Fsp3) is 0.429. The minimum absolute atomic E-state index is 0.0824. The summed E-state index contributed by atoms with van der Waals surface area (Å²) in [5.74, 6) is 0.533. The van der Waals surface area contributed by atoms with Gasteiger partial charge in [-0.05, 0) is 50.4 Å². The largest absolute Gasteiger partial charge is 0.360 e. The predicted molar refractivity (Wildman–Crippen MR) is 131 cm³/mol. The summed E-state index contributed by atoms with van der Waals surface area (Å²) in [6.45, 7) is 3.34. The van der Waals surface area contributed by atoms with Gasteiger partial charge in [0.2, 0.25) is 5.91 Å². The summed E-state index contributed by atoms with van der Waals surface area (Å²) < 4.78 is 0. The number of fused-ring (bicyclic) bond motifs is 1. The Hall–Kier alpha value is -2.92. The van der Waals surface area contributed by atoms with Crippen molar-refractivity contribution in [2.24, 2.45) is 5.92 Å². The second-order valence-electron chi connectivity index (χ2n) is 9.48. The fourth-order valence-corrected chi connectivity index (χ4v) is 5.54. The van der Waals surface area contributed by atoms with E-state index in [1.807, 2.05) is 60.8 Å². The van der Waals surface area contributed by atoms with E-state index in [2.05, 4.69) is 14.8 Å². The van der Waals surface area contributed by atoms with E-state index >= 15 is 0 Å². The molecule has 1 N–H and O–H groups in total. The first-order chi connectivity index (χ1) is 16.2. The van der Waals surface area contributed by atoms with Crippen LogP contribution in [0, 0.1) is 5.92 Å². The molecule has 2 aliphatic rings. The number of rotatable bonds is 5. The summed E-state index contributed by atoms with van der Waals surface area (Å²) in [6.07, 6.45) is 8.20. The van der Waals surface area contributed by atoms with Gasteiger partial charge in [-0.25, -0.2) is 0 Å². The van der Waals surface area contributed by atoms with Crippen LogP contribution >= 0.6 is 0 Å². The third-order valence-corrected chi connectivity index (χ3v) is 7.38. The highest BCUT2D eigenvalue weighted by molar-refractivity contribution is 6.10. The molecule has 33 heavy (non-hydrogen) atoms. The Kier molecular flexibility index (Phi) is 6.58. The van der Waals surface area contributed by atoms with E-state index in [9.17, 15) is 9.59 Å². The number of carbonyl (C=O) groups is 2. The van der Waals surface area contributed by atoms with Gasteiger partial charge >= 0.3 is 0 Å². The molecule has 5 nitrogen and oxygen atoms in total. The van der Waals surface area contributed by atoms with Crippen LogP contribution in [-0.2, 0) is 4.79 Å². The Morgan fingerprint density at radius 1 is 0.818 bits per heavy atom. The van der Waals surface area contributed by atoms with E-state index in [4.69, 9.17) is 0 Å². The summed E-state index contributed by atoms with van der Waals surface area (Å²) in [6, 6.07) is 17.7. The molecule has 2 fully saturated rings. The quantitative estimate of drug-likeness (QED) is 0.551. The lowest BCUT2D eigenvalue weighted by Gasteiger charge is -2.38. The molecule has 2 aromatic carbocycles. The monoisotopic (exact) mass is 443 g/mol. The summed E-state index contributed by atoms with van der Waals surface area (Å²) in [5, 5.41) is 0.967. The van der Waals surface area contributed by atoms with Crippen LogP contribution < -0.4 is 0 Å². The Morgan fingerprint density at radius 2 is 1.48 bits per heavy atom. The summed E-state index contributed by atoms with van der Waals surface area (Å²) in [7, 11) is 0. The summed E-state index contributed by atoms with van der Waals surface area (Å²) in [5.41, 5.74) is 2.74. The molecule has 2 saturated heterocycles. The number of likely N-dealkylation sites (tertiary alicyclic amines) is 2. The van der Waals surface area contributed by atoms with E-state index in [0.29, 0.717) is 5.91 Å². The van der Waals surface area contributed by atoms with Gasteiger partial charge in [-0.2, -0.15) is 0 Å². The zero-order valence-corrected chi connectivity index (χ0v) is 19.2. The van der Waals surface area contributed by atoms with E-state index < -0.39 is 0 Å². The highest BCUT2D eigenvalue weighted by Gasteiger charge is 2.35. The first-order valence-electron chi connectivity index (χ1n) is 12.4. The van der Waals surface area contributed by atoms with Crippen LogP contribution in [0.5, 0.6) is 0 Å². The van der Waals surface area contributed by atoms with E-state index in [0.717, 1.165) is 73.9 Å². The lowest BCUT2D eigenvalue weighted by atomic mass is 9.90. The number of hydrogen-bond donors (Lipinski definition) is 1. The zero-order valence-electron chi connectivity index (χ0n) is 19.2. The van der Waals surface area contributed by atoms with E-state index in [-0.39, 0.29) is 17.7 Å². The number of aromatic nitrogens is 1. The van der Waals surface area contributed by atoms with E-state index in [1.165, 1.54) is 12.8 Å². The van der Waals surface area contributed by atoms with Gasteiger partial charge in [0.15, 0.2) is 5.78 Å². The fourth-order valence-electron chi connectivity index (χ4n) is 5.54. The van der Waals surface area contributed by atoms with Crippen molar-refractivity contribution in [1.82, 2.24) is 14.8 Å². The molecule has 3 aromatic rings. The molecule has 2 aliphatic heterocycles. The molecule has 0 saturated carbocycles. The van der Waals surface area contributed by atoms with Crippen LogP contribution in [0.3, 0.4) is 0 Å². The van der Waals surface area contributed by atoms with Crippen LogP contribution in [0.25, 0.3) is 10.9 Å². The number of benzene rings is 2. The van der Waals surface area contributed by atoms with Crippen molar-refractivity contribution in [2.75, 3.05) is 26.2 Å². The van der Waals surface area contributed by atoms with E-state index in [1.54, 1.807) is 0 Å². The van der Waals surface area contributed by atoms with Crippen LogP contribution in [0.1, 0.15) is 60.5 Å². The molecule has 0 spiro atoms. The van der Waals surface area contributed by atoms with Crippen LogP contribution in [0.15, 0.2) is 60.8 Å². The summed E-state index contributed by atoms with van der Waals surface area (Å²) >= 11 is 0. The first kappa shape index (κ1) is 21.9. The summed E-state index contributed by atoms with van der Waals surface area (Å²) in [4.78, 5) is 34.7. The molecule has 3 heterocycles. The second-order valence-corrected chi connectivity index (χ2v) is 9.48. The topological polar surface area (TPSA) is 56.4 Å². The van der Waals surface area contributed by atoms with Gasteiger partial charge in [0, 0.05) is 41.7 Å². The molecule has 5 rings (SSSR count). The molecule has 0 radical (unpaired) electrons. The number of H-pyrrole nitrogens is 1. The van der Waals surface area contributed by atoms with Gasteiger partial charge in [0.1, 0.15) is 0 Å². The first-order valence-corrected chi connectivity index (χ1v) is 12.4. The normalized spacial score (nSPS) is 19.3. The smallest absolute Gasteiger partial charge is 0.225 e. The maximum atomic E-state index is 13.9. The van der Waals surface area contributed by atoms with Crippen molar-refractivity contribution in [1.29, 1.82) is 0 Å². The lowest BCUT2D eigenvalue weighted by molar-refractivity contribution is -0.137. The Balaban J connectivity index is 1.35. The van der Waals surface area contributed by atoms with Crippen LogP contribution in [0.2, 0.25) is 0 Å². The van der Waals surface area contributed by atoms with Crippen LogP contribution in [-0.4, -0.2) is 52.7 Å². The third-order valence-electron chi connectivity index (χ3n) is 7.38.